The predicted molar refractivity (Wildman–Crippen MR) is 68.0 cm³/mol. The molecule has 1 aromatic carbocycles. The maximum atomic E-state index is 11.8. The summed E-state index contributed by atoms with van der Waals surface area (Å²) >= 11 is 5.83. The van der Waals surface area contributed by atoms with E-state index in [1.54, 1.807) is 30.1 Å². The number of hydrogen-bond donors (Lipinski definition) is 1. The standard InChI is InChI=1S/C12H17ClN2O/c1-4-9(2)15(3)12(16)14-11-7-5-6-10(13)8-11/h5-9H,4H2,1-3H3,(H,14,16). The van der Waals surface area contributed by atoms with Crippen molar-refractivity contribution in [1.29, 1.82) is 0 Å². The minimum Gasteiger partial charge on any atom is -0.325 e. The van der Waals surface area contributed by atoms with Crippen LogP contribution < -0.4 is 5.32 Å². The van der Waals surface area contributed by atoms with Gasteiger partial charge in [0.25, 0.3) is 0 Å². The first-order valence-corrected chi connectivity index (χ1v) is 5.71. The first-order valence-electron chi connectivity index (χ1n) is 5.34. The molecule has 88 valence electrons. The molecule has 0 saturated carbocycles. The summed E-state index contributed by atoms with van der Waals surface area (Å²) in [4.78, 5) is 13.5. The summed E-state index contributed by atoms with van der Waals surface area (Å²) in [6, 6.07) is 7.23. The highest BCUT2D eigenvalue weighted by molar-refractivity contribution is 6.30. The second-order valence-electron chi connectivity index (χ2n) is 3.81. The summed E-state index contributed by atoms with van der Waals surface area (Å²) in [6.07, 6.45) is 0.930. The smallest absolute Gasteiger partial charge is 0.321 e. The molecule has 2 amide bonds. The van der Waals surface area contributed by atoms with Crippen molar-refractivity contribution in [2.45, 2.75) is 26.3 Å². The van der Waals surface area contributed by atoms with Gasteiger partial charge in [0.15, 0.2) is 0 Å². The fraction of sp³-hybridized carbons (Fsp3) is 0.417. The Bertz CT molecular complexity index is 368. The Hall–Kier alpha value is -1.22. The monoisotopic (exact) mass is 240 g/mol. The van der Waals surface area contributed by atoms with Crippen molar-refractivity contribution in [2.24, 2.45) is 0 Å². The van der Waals surface area contributed by atoms with Crippen LogP contribution in [0.5, 0.6) is 0 Å². The molecule has 0 aromatic heterocycles. The van der Waals surface area contributed by atoms with Crippen molar-refractivity contribution in [3.63, 3.8) is 0 Å². The molecule has 0 fully saturated rings. The molecule has 0 bridgehead atoms. The zero-order valence-electron chi connectivity index (χ0n) is 9.83. The molecule has 0 saturated heterocycles. The van der Waals surface area contributed by atoms with Gasteiger partial charge in [-0.25, -0.2) is 4.79 Å². The van der Waals surface area contributed by atoms with Gasteiger partial charge in [0.1, 0.15) is 0 Å². The third kappa shape index (κ3) is 3.42. The Labute approximate surface area is 101 Å². The number of halogens is 1. The van der Waals surface area contributed by atoms with E-state index in [1.807, 2.05) is 19.9 Å². The zero-order chi connectivity index (χ0) is 12.1. The van der Waals surface area contributed by atoms with Crippen LogP contribution in [0.25, 0.3) is 0 Å². The van der Waals surface area contributed by atoms with Crippen LogP contribution in [0.3, 0.4) is 0 Å². The van der Waals surface area contributed by atoms with Gasteiger partial charge < -0.3 is 10.2 Å². The lowest BCUT2D eigenvalue weighted by atomic mass is 10.2. The van der Waals surface area contributed by atoms with Gasteiger partial charge in [0.05, 0.1) is 0 Å². The number of benzene rings is 1. The highest BCUT2D eigenvalue weighted by Gasteiger charge is 2.13. The first kappa shape index (κ1) is 12.8. The molecule has 0 heterocycles. The van der Waals surface area contributed by atoms with Gasteiger partial charge in [0, 0.05) is 23.8 Å². The van der Waals surface area contributed by atoms with E-state index in [0.717, 1.165) is 6.42 Å². The SMILES string of the molecule is CCC(C)N(C)C(=O)Nc1cccc(Cl)c1. The summed E-state index contributed by atoms with van der Waals surface area (Å²) in [7, 11) is 1.79. The highest BCUT2D eigenvalue weighted by Crippen LogP contribution is 2.15. The van der Waals surface area contributed by atoms with Gasteiger partial charge in [-0.15, -0.1) is 0 Å². The summed E-state index contributed by atoms with van der Waals surface area (Å²) in [5, 5.41) is 3.42. The van der Waals surface area contributed by atoms with E-state index >= 15 is 0 Å². The lowest BCUT2D eigenvalue weighted by Gasteiger charge is -2.24. The molecular weight excluding hydrogens is 224 g/mol. The molecule has 0 radical (unpaired) electrons. The molecule has 1 atom stereocenters. The van der Waals surface area contributed by atoms with Crippen LogP contribution in [-0.2, 0) is 0 Å². The van der Waals surface area contributed by atoms with E-state index in [-0.39, 0.29) is 12.1 Å². The van der Waals surface area contributed by atoms with Gasteiger partial charge in [-0.1, -0.05) is 24.6 Å². The second kappa shape index (κ2) is 5.75. The molecule has 0 aliphatic heterocycles. The normalized spacial score (nSPS) is 12.0. The number of rotatable bonds is 3. The van der Waals surface area contributed by atoms with Crippen molar-refractivity contribution >= 4 is 23.3 Å². The largest absolute Gasteiger partial charge is 0.325 e. The van der Waals surface area contributed by atoms with Crippen molar-refractivity contribution in [2.75, 3.05) is 12.4 Å². The minimum absolute atomic E-state index is 0.114. The van der Waals surface area contributed by atoms with Gasteiger partial charge in [-0.3, -0.25) is 0 Å². The lowest BCUT2D eigenvalue weighted by Crippen LogP contribution is -2.37. The highest BCUT2D eigenvalue weighted by atomic mass is 35.5. The molecule has 4 heteroatoms. The van der Waals surface area contributed by atoms with Crippen LogP contribution >= 0.6 is 11.6 Å². The molecule has 1 unspecified atom stereocenters. The van der Waals surface area contributed by atoms with Crippen LogP contribution in [0.4, 0.5) is 10.5 Å². The molecule has 0 aliphatic rings. The van der Waals surface area contributed by atoms with E-state index in [1.165, 1.54) is 0 Å². The van der Waals surface area contributed by atoms with Crippen molar-refractivity contribution in [3.05, 3.63) is 29.3 Å². The Balaban J connectivity index is 2.64. The fourth-order valence-corrected chi connectivity index (χ4v) is 1.44. The van der Waals surface area contributed by atoms with Crippen LogP contribution in [0.2, 0.25) is 5.02 Å². The summed E-state index contributed by atoms with van der Waals surface area (Å²) < 4.78 is 0. The van der Waals surface area contributed by atoms with Crippen LogP contribution in [-0.4, -0.2) is 24.0 Å². The zero-order valence-corrected chi connectivity index (χ0v) is 10.6. The van der Waals surface area contributed by atoms with Gasteiger partial charge in [0.2, 0.25) is 0 Å². The molecule has 1 aromatic rings. The fourth-order valence-electron chi connectivity index (χ4n) is 1.25. The first-order chi connectivity index (χ1) is 7.54. The van der Waals surface area contributed by atoms with Crippen LogP contribution in [0, 0.1) is 0 Å². The number of amides is 2. The van der Waals surface area contributed by atoms with Gasteiger partial charge >= 0.3 is 6.03 Å². The molecular formula is C12H17ClN2O. The van der Waals surface area contributed by atoms with E-state index < -0.39 is 0 Å². The average molecular weight is 241 g/mol. The van der Waals surface area contributed by atoms with E-state index in [2.05, 4.69) is 5.32 Å². The number of urea groups is 1. The van der Waals surface area contributed by atoms with E-state index in [0.29, 0.717) is 10.7 Å². The van der Waals surface area contributed by atoms with Gasteiger partial charge in [-0.2, -0.15) is 0 Å². The van der Waals surface area contributed by atoms with Crippen molar-refractivity contribution < 1.29 is 4.79 Å². The molecule has 1 N–H and O–H groups in total. The number of anilines is 1. The molecule has 0 aliphatic carbocycles. The Morgan fingerprint density at radius 1 is 1.56 bits per heavy atom. The summed E-state index contributed by atoms with van der Waals surface area (Å²) in [5.41, 5.74) is 0.715. The second-order valence-corrected chi connectivity index (χ2v) is 4.25. The number of carbonyl (C=O) groups is 1. The number of nitrogens with one attached hydrogen (secondary N) is 1. The van der Waals surface area contributed by atoms with Crippen molar-refractivity contribution in [1.82, 2.24) is 4.90 Å². The van der Waals surface area contributed by atoms with Crippen molar-refractivity contribution in [3.8, 4) is 0 Å². The maximum Gasteiger partial charge on any atom is 0.321 e. The number of hydrogen-bond acceptors (Lipinski definition) is 1. The third-order valence-electron chi connectivity index (χ3n) is 2.65. The van der Waals surface area contributed by atoms with E-state index in [9.17, 15) is 4.79 Å². The summed E-state index contributed by atoms with van der Waals surface area (Å²) in [6.45, 7) is 4.06. The topological polar surface area (TPSA) is 32.3 Å². The maximum absolute atomic E-state index is 11.8. The lowest BCUT2D eigenvalue weighted by molar-refractivity contribution is 0.206. The number of carbonyl (C=O) groups excluding carboxylic acids is 1. The number of nitrogens with zero attached hydrogens (tertiary/aromatic N) is 1. The van der Waals surface area contributed by atoms with E-state index in [4.69, 9.17) is 11.6 Å². The van der Waals surface area contributed by atoms with Crippen LogP contribution in [0.15, 0.2) is 24.3 Å². The predicted octanol–water partition coefficient (Wildman–Crippen LogP) is 3.60. The average Bonchev–Trinajstić information content (AvgIpc) is 2.27. The summed E-state index contributed by atoms with van der Waals surface area (Å²) in [5.74, 6) is 0. The van der Waals surface area contributed by atoms with Crippen LogP contribution in [0.1, 0.15) is 20.3 Å². The molecule has 16 heavy (non-hydrogen) atoms. The Morgan fingerprint density at radius 3 is 2.81 bits per heavy atom. The molecule has 1 rings (SSSR count). The quantitative estimate of drug-likeness (QED) is 0.860. The third-order valence-corrected chi connectivity index (χ3v) is 2.88. The van der Waals surface area contributed by atoms with Gasteiger partial charge in [-0.05, 0) is 31.5 Å². The molecule has 3 nitrogen and oxygen atoms in total. The minimum atomic E-state index is -0.114. The molecule has 0 spiro atoms. The Morgan fingerprint density at radius 2 is 2.25 bits per heavy atom. The Kier molecular flexibility index (Phi) is 4.62.